The van der Waals surface area contributed by atoms with Crippen molar-refractivity contribution in [2.24, 2.45) is 0 Å². The number of nitro groups is 1. The third-order valence-electron chi connectivity index (χ3n) is 4.44. The van der Waals surface area contributed by atoms with Crippen molar-refractivity contribution in [3.05, 3.63) is 93.3 Å². The summed E-state index contributed by atoms with van der Waals surface area (Å²) < 4.78 is 0. The monoisotopic (exact) mass is 390 g/mol. The lowest BCUT2D eigenvalue weighted by atomic mass is 10.1. The number of nitrogens with zero attached hydrogens (tertiary/aromatic N) is 2. The fourth-order valence-corrected chi connectivity index (χ4v) is 3.14. The lowest BCUT2D eigenvalue weighted by Crippen LogP contribution is -2.14. The van der Waals surface area contributed by atoms with Gasteiger partial charge >= 0.3 is 0 Å². The molecule has 0 bridgehead atoms. The fraction of sp³-hybridized carbons (Fsp3) is 0.182. The number of pyridine rings is 1. The Morgan fingerprint density at radius 3 is 2.41 bits per heavy atom. The first-order valence-electron chi connectivity index (χ1n) is 9.19. The lowest BCUT2D eigenvalue weighted by molar-refractivity contribution is -0.384. The second kappa shape index (κ2) is 8.52. The van der Waals surface area contributed by atoms with Crippen LogP contribution in [0.4, 0.5) is 17.1 Å². The zero-order chi connectivity index (χ0) is 21.0. The number of carbonyl (C=O) groups excluding carboxylic acids is 1. The summed E-state index contributed by atoms with van der Waals surface area (Å²) in [4.78, 5) is 27.9. The first kappa shape index (κ1) is 20.0. The van der Waals surface area contributed by atoms with Gasteiger partial charge < -0.3 is 10.6 Å². The van der Waals surface area contributed by atoms with E-state index in [1.165, 1.54) is 6.07 Å². The summed E-state index contributed by atoms with van der Waals surface area (Å²) in [5.41, 5.74) is 3.84. The summed E-state index contributed by atoms with van der Waals surface area (Å²) >= 11 is 0. The number of nitro benzene ring substituents is 1. The highest BCUT2D eigenvalue weighted by atomic mass is 16.6. The molecule has 1 amide bonds. The maximum atomic E-state index is 12.6. The van der Waals surface area contributed by atoms with Gasteiger partial charge in [-0.2, -0.15) is 0 Å². The van der Waals surface area contributed by atoms with Gasteiger partial charge in [0.25, 0.3) is 11.6 Å². The number of rotatable bonds is 6. The molecule has 0 aliphatic rings. The van der Waals surface area contributed by atoms with Crippen LogP contribution in [0.1, 0.15) is 40.1 Å². The molecule has 1 atom stereocenters. The Morgan fingerprint density at radius 1 is 1.07 bits per heavy atom. The molecule has 0 aliphatic heterocycles. The van der Waals surface area contributed by atoms with Crippen LogP contribution in [-0.4, -0.2) is 15.8 Å². The van der Waals surface area contributed by atoms with Gasteiger partial charge in [0.1, 0.15) is 5.69 Å². The van der Waals surface area contributed by atoms with Crippen LogP contribution in [0.25, 0.3) is 0 Å². The first-order chi connectivity index (χ1) is 13.8. The lowest BCUT2D eigenvalue weighted by Gasteiger charge is -2.15. The number of benzene rings is 2. The summed E-state index contributed by atoms with van der Waals surface area (Å²) in [6.07, 6.45) is 1.67. The Labute approximate surface area is 169 Å². The zero-order valence-corrected chi connectivity index (χ0v) is 16.5. The van der Waals surface area contributed by atoms with E-state index in [-0.39, 0.29) is 17.3 Å². The molecule has 7 nitrogen and oxygen atoms in total. The molecule has 0 radical (unpaired) electrons. The number of anilines is 2. The van der Waals surface area contributed by atoms with Crippen LogP contribution in [-0.2, 0) is 0 Å². The van der Waals surface area contributed by atoms with E-state index in [4.69, 9.17) is 0 Å². The molecule has 0 fully saturated rings. The minimum Gasteiger partial charge on any atom is -0.371 e. The Bertz CT molecular complexity index is 1030. The van der Waals surface area contributed by atoms with Gasteiger partial charge in [-0.1, -0.05) is 12.1 Å². The maximum absolute atomic E-state index is 12.6. The molecule has 1 unspecified atom stereocenters. The minimum absolute atomic E-state index is 0.166. The minimum atomic E-state index is -0.499. The van der Waals surface area contributed by atoms with Crippen LogP contribution >= 0.6 is 0 Å². The van der Waals surface area contributed by atoms with E-state index in [2.05, 4.69) is 15.6 Å². The molecule has 0 saturated heterocycles. The molecule has 3 aromatic rings. The van der Waals surface area contributed by atoms with Crippen molar-refractivity contribution in [1.82, 2.24) is 4.98 Å². The molecule has 0 aliphatic carbocycles. The molecule has 29 heavy (non-hydrogen) atoms. The SMILES string of the molecule is Cc1cc(C)cc(NC(=O)c2ccc(NC(C)c3ccccn3)c([N+](=O)[O-])c2)c1. The van der Waals surface area contributed by atoms with Crippen LogP contribution in [0, 0.1) is 24.0 Å². The van der Waals surface area contributed by atoms with E-state index in [1.54, 1.807) is 18.3 Å². The molecule has 0 spiro atoms. The summed E-state index contributed by atoms with van der Waals surface area (Å²) in [6.45, 7) is 5.75. The number of aryl methyl sites for hydroxylation is 2. The summed E-state index contributed by atoms with van der Waals surface area (Å²) in [5.74, 6) is -0.401. The Balaban J connectivity index is 1.83. The van der Waals surface area contributed by atoms with Crippen LogP contribution < -0.4 is 10.6 Å². The normalized spacial score (nSPS) is 11.6. The highest BCUT2D eigenvalue weighted by molar-refractivity contribution is 6.05. The second-order valence-corrected chi connectivity index (χ2v) is 6.94. The number of hydrogen-bond acceptors (Lipinski definition) is 5. The highest BCUT2D eigenvalue weighted by Crippen LogP contribution is 2.29. The van der Waals surface area contributed by atoms with Crippen molar-refractivity contribution >= 4 is 23.0 Å². The van der Waals surface area contributed by atoms with E-state index in [0.717, 1.165) is 16.8 Å². The predicted molar refractivity (Wildman–Crippen MR) is 113 cm³/mol. The van der Waals surface area contributed by atoms with E-state index in [9.17, 15) is 14.9 Å². The van der Waals surface area contributed by atoms with Crippen molar-refractivity contribution in [1.29, 1.82) is 0 Å². The fourth-order valence-electron chi connectivity index (χ4n) is 3.14. The van der Waals surface area contributed by atoms with E-state index >= 15 is 0 Å². The van der Waals surface area contributed by atoms with Crippen molar-refractivity contribution in [3.8, 4) is 0 Å². The van der Waals surface area contributed by atoms with Gasteiger partial charge in [0.05, 0.1) is 16.7 Å². The van der Waals surface area contributed by atoms with Crippen LogP contribution in [0.2, 0.25) is 0 Å². The number of amides is 1. The van der Waals surface area contributed by atoms with Gasteiger partial charge in [0.15, 0.2) is 0 Å². The summed E-state index contributed by atoms with van der Waals surface area (Å²) in [7, 11) is 0. The second-order valence-electron chi connectivity index (χ2n) is 6.94. The quantitative estimate of drug-likeness (QED) is 0.454. The average Bonchev–Trinajstić information content (AvgIpc) is 2.67. The number of hydrogen-bond donors (Lipinski definition) is 2. The highest BCUT2D eigenvalue weighted by Gasteiger charge is 2.20. The molecule has 7 heteroatoms. The van der Waals surface area contributed by atoms with Gasteiger partial charge in [-0.3, -0.25) is 19.9 Å². The van der Waals surface area contributed by atoms with Crippen LogP contribution in [0.15, 0.2) is 60.8 Å². The maximum Gasteiger partial charge on any atom is 0.293 e. The van der Waals surface area contributed by atoms with Crippen molar-refractivity contribution < 1.29 is 9.72 Å². The third kappa shape index (κ3) is 4.95. The molecular formula is C22H22N4O3. The molecule has 3 rings (SSSR count). The Kier molecular flexibility index (Phi) is 5.87. The Hall–Kier alpha value is -3.74. The predicted octanol–water partition coefficient (Wildman–Crippen LogP) is 5.03. The van der Waals surface area contributed by atoms with E-state index in [0.29, 0.717) is 11.4 Å². The van der Waals surface area contributed by atoms with Gasteiger partial charge in [-0.05, 0) is 68.3 Å². The van der Waals surface area contributed by atoms with Crippen molar-refractivity contribution in [2.75, 3.05) is 10.6 Å². The topological polar surface area (TPSA) is 97.2 Å². The zero-order valence-electron chi connectivity index (χ0n) is 16.5. The number of aromatic nitrogens is 1. The Morgan fingerprint density at radius 2 is 1.79 bits per heavy atom. The number of carbonyl (C=O) groups is 1. The smallest absolute Gasteiger partial charge is 0.293 e. The van der Waals surface area contributed by atoms with Crippen LogP contribution in [0.5, 0.6) is 0 Å². The number of nitrogens with one attached hydrogen (secondary N) is 2. The molecule has 1 heterocycles. The van der Waals surface area contributed by atoms with Gasteiger partial charge in [-0.25, -0.2) is 0 Å². The molecule has 0 saturated carbocycles. The molecule has 2 aromatic carbocycles. The summed E-state index contributed by atoms with van der Waals surface area (Å²) in [6, 6.07) is 15.4. The molecule has 2 N–H and O–H groups in total. The van der Waals surface area contributed by atoms with Crippen molar-refractivity contribution in [2.45, 2.75) is 26.8 Å². The third-order valence-corrected chi connectivity index (χ3v) is 4.44. The van der Waals surface area contributed by atoms with Gasteiger partial charge in [-0.15, -0.1) is 0 Å². The van der Waals surface area contributed by atoms with Crippen molar-refractivity contribution in [3.63, 3.8) is 0 Å². The van der Waals surface area contributed by atoms with Crippen LogP contribution in [0.3, 0.4) is 0 Å². The average molecular weight is 390 g/mol. The molecule has 148 valence electrons. The van der Waals surface area contributed by atoms with E-state index in [1.807, 2.05) is 57.2 Å². The first-order valence-corrected chi connectivity index (χ1v) is 9.19. The largest absolute Gasteiger partial charge is 0.371 e. The summed E-state index contributed by atoms with van der Waals surface area (Å²) in [5, 5.41) is 17.5. The molecule has 1 aromatic heterocycles. The van der Waals surface area contributed by atoms with Gasteiger partial charge in [0, 0.05) is 23.5 Å². The standard InChI is InChI=1S/C22H22N4O3/c1-14-10-15(2)12-18(11-14)25-22(27)17-7-8-20(21(13-17)26(28)29)24-16(3)19-6-4-5-9-23-19/h4-13,16,24H,1-3H3,(H,25,27). The van der Waals surface area contributed by atoms with Gasteiger partial charge in [0.2, 0.25) is 0 Å². The van der Waals surface area contributed by atoms with E-state index < -0.39 is 10.8 Å². The molecular weight excluding hydrogens is 368 g/mol.